The van der Waals surface area contributed by atoms with E-state index in [1.807, 2.05) is 13.8 Å². The second kappa shape index (κ2) is 7.49. The first-order chi connectivity index (χ1) is 9.43. The molecule has 1 aromatic rings. The Labute approximate surface area is 119 Å². The van der Waals surface area contributed by atoms with Crippen molar-refractivity contribution in [3.63, 3.8) is 0 Å². The smallest absolute Gasteiger partial charge is 0.316 e. The largest absolute Gasteiger partial charge is 0.368 e. The number of aromatic nitrogens is 2. The van der Waals surface area contributed by atoms with Crippen LogP contribution in [0.3, 0.4) is 0 Å². The molecular weight excluding hydrogens is 258 g/mol. The van der Waals surface area contributed by atoms with Crippen molar-refractivity contribution in [1.82, 2.24) is 20.2 Å². The van der Waals surface area contributed by atoms with Crippen molar-refractivity contribution in [2.45, 2.75) is 19.8 Å². The van der Waals surface area contributed by atoms with Crippen LogP contribution in [-0.4, -0.2) is 48.1 Å². The third-order valence-corrected chi connectivity index (χ3v) is 2.52. The predicted octanol–water partition coefficient (Wildman–Crippen LogP) is 0.569. The third kappa shape index (κ3) is 4.88. The van der Waals surface area contributed by atoms with Gasteiger partial charge in [0, 0.05) is 39.2 Å². The molecule has 20 heavy (non-hydrogen) atoms. The molecular formula is C12H23N7O. The fourth-order valence-electron chi connectivity index (χ4n) is 1.41. The first kappa shape index (κ1) is 16.0. The van der Waals surface area contributed by atoms with Gasteiger partial charge in [0.15, 0.2) is 0 Å². The van der Waals surface area contributed by atoms with E-state index in [0.717, 1.165) is 0 Å². The van der Waals surface area contributed by atoms with Crippen LogP contribution in [-0.2, 0) is 0 Å². The summed E-state index contributed by atoms with van der Waals surface area (Å²) in [6.45, 7) is 5.09. The highest BCUT2D eigenvalue weighted by atomic mass is 16.2. The molecule has 8 nitrogen and oxygen atoms in total. The summed E-state index contributed by atoms with van der Waals surface area (Å²) in [5.41, 5.74) is 2.52. The van der Waals surface area contributed by atoms with E-state index in [-0.39, 0.29) is 11.9 Å². The van der Waals surface area contributed by atoms with E-state index in [2.05, 4.69) is 26.0 Å². The zero-order valence-electron chi connectivity index (χ0n) is 12.4. The van der Waals surface area contributed by atoms with Gasteiger partial charge in [-0.1, -0.05) is 13.8 Å². The van der Waals surface area contributed by atoms with E-state index >= 15 is 0 Å². The highest BCUT2D eigenvalue weighted by Crippen LogP contribution is 2.15. The van der Waals surface area contributed by atoms with Crippen LogP contribution in [0.25, 0.3) is 0 Å². The molecule has 0 aliphatic carbocycles. The fourth-order valence-corrected chi connectivity index (χ4v) is 1.41. The number of nitrogens with two attached hydrogens (primary N) is 1. The number of rotatable bonds is 6. The number of nitrogens with zero attached hydrogens (tertiary/aromatic N) is 3. The normalized spacial score (nSPS) is 10.3. The molecule has 0 bridgehead atoms. The van der Waals surface area contributed by atoms with Gasteiger partial charge in [-0.2, -0.15) is 0 Å². The molecule has 0 atom stereocenters. The number of urea groups is 1. The van der Waals surface area contributed by atoms with Crippen molar-refractivity contribution in [3.8, 4) is 0 Å². The number of nitrogen functional groups attached to an aromatic ring is 1. The third-order valence-electron chi connectivity index (χ3n) is 2.52. The summed E-state index contributed by atoms with van der Waals surface area (Å²) in [6.07, 6.45) is 0. The predicted molar refractivity (Wildman–Crippen MR) is 79.5 cm³/mol. The maximum absolute atomic E-state index is 11.3. The standard InChI is InChI=1S/C12H23N7O/c1-8(2)11-16-9(7-10(17-11)18-13)14-5-6-15-12(20)19(3)4/h7-8H,5-6,13H2,1-4H3,(H,15,20)(H2,14,16,17,18). The number of nitrogens with one attached hydrogen (secondary N) is 3. The zero-order chi connectivity index (χ0) is 15.1. The van der Waals surface area contributed by atoms with Crippen LogP contribution in [0, 0.1) is 0 Å². The van der Waals surface area contributed by atoms with Crippen LogP contribution in [0.4, 0.5) is 16.4 Å². The van der Waals surface area contributed by atoms with Crippen LogP contribution in [0.5, 0.6) is 0 Å². The van der Waals surface area contributed by atoms with Crippen LogP contribution in [0.1, 0.15) is 25.6 Å². The molecule has 0 aliphatic rings. The number of hydrogen-bond acceptors (Lipinski definition) is 6. The van der Waals surface area contributed by atoms with E-state index in [0.29, 0.717) is 30.5 Å². The van der Waals surface area contributed by atoms with Crippen LogP contribution in [0.2, 0.25) is 0 Å². The summed E-state index contributed by atoms with van der Waals surface area (Å²) < 4.78 is 0. The lowest BCUT2D eigenvalue weighted by atomic mass is 10.2. The SMILES string of the molecule is CC(C)c1nc(NN)cc(NCCNC(=O)N(C)C)n1. The van der Waals surface area contributed by atoms with Gasteiger partial charge in [-0.3, -0.25) is 0 Å². The summed E-state index contributed by atoms with van der Waals surface area (Å²) in [5, 5.41) is 5.89. The Morgan fingerprint density at radius 2 is 1.95 bits per heavy atom. The van der Waals surface area contributed by atoms with Crippen molar-refractivity contribution in [2.24, 2.45) is 5.84 Å². The molecule has 1 aromatic heterocycles. The molecule has 8 heteroatoms. The number of carbonyl (C=O) groups excluding carboxylic acids is 1. The molecule has 0 saturated carbocycles. The number of carbonyl (C=O) groups is 1. The fraction of sp³-hybridized carbons (Fsp3) is 0.583. The lowest BCUT2D eigenvalue weighted by Crippen LogP contribution is -2.37. The summed E-state index contributed by atoms with van der Waals surface area (Å²) in [4.78, 5) is 21.5. The Kier molecular flexibility index (Phi) is 5.98. The van der Waals surface area contributed by atoms with Gasteiger partial charge in [-0.15, -0.1) is 0 Å². The van der Waals surface area contributed by atoms with Crippen LogP contribution >= 0.6 is 0 Å². The van der Waals surface area contributed by atoms with E-state index in [9.17, 15) is 4.79 Å². The van der Waals surface area contributed by atoms with Crippen LogP contribution in [0.15, 0.2) is 6.07 Å². The molecule has 112 valence electrons. The molecule has 2 amide bonds. The van der Waals surface area contributed by atoms with Crippen molar-refractivity contribution in [1.29, 1.82) is 0 Å². The second-order valence-corrected chi connectivity index (χ2v) is 4.85. The first-order valence-electron chi connectivity index (χ1n) is 6.48. The lowest BCUT2D eigenvalue weighted by molar-refractivity contribution is 0.218. The van der Waals surface area contributed by atoms with Crippen molar-refractivity contribution < 1.29 is 4.79 Å². The highest BCUT2D eigenvalue weighted by Gasteiger charge is 2.07. The van der Waals surface area contributed by atoms with Gasteiger partial charge in [0.2, 0.25) is 0 Å². The molecule has 0 fully saturated rings. The summed E-state index contributed by atoms with van der Waals surface area (Å²) >= 11 is 0. The zero-order valence-corrected chi connectivity index (χ0v) is 12.4. The number of hydrazine groups is 1. The molecule has 0 saturated heterocycles. The minimum atomic E-state index is -0.123. The van der Waals surface area contributed by atoms with E-state index in [4.69, 9.17) is 5.84 Å². The highest BCUT2D eigenvalue weighted by molar-refractivity contribution is 5.73. The average Bonchev–Trinajstić information content (AvgIpc) is 2.42. The van der Waals surface area contributed by atoms with Gasteiger partial charge >= 0.3 is 6.03 Å². The number of hydrogen-bond donors (Lipinski definition) is 4. The molecule has 1 rings (SSSR count). The molecule has 0 aliphatic heterocycles. The van der Waals surface area contributed by atoms with Gasteiger partial charge in [0.05, 0.1) is 0 Å². The van der Waals surface area contributed by atoms with Gasteiger partial charge in [0.1, 0.15) is 17.5 Å². The minimum Gasteiger partial charge on any atom is -0.368 e. The Balaban J connectivity index is 2.55. The topological polar surface area (TPSA) is 108 Å². The van der Waals surface area contributed by atoms with Crippen LogP contribution < -0.4 is 21.9 Å². The van der Waals surface area contributed by atoms with Gasteiger partial charge in [-0.25, -0.2) is 20.6 Å². The molecule has 5 N–H and O–H groups in total. The van der Waals surface area contributed by atoms with Crippen molar-refractivity contribution in [2.75, 3.05) is 37.9 Å². The number of amides is 2. The molecule has 1 heterocycles. The molecule has 0 spiro atoms. The summed E-state index contributed by atoms with van der Waals surface area (Å²) in [6, 6.07) is 1.60. The van der Waals surface area contributed by atoms with Gasteiger partial charge < -0.3 is 21.0 Å². The Morgan fingerprint density at radius 1 is 1.30 bits per heavy atom. The monoisotopic (exact) mass is 281 g/mol. The Morgan fingerprint density at radius 3 is 2.50 bits per heavy atom. The lowest BCUT2D eigenvalue weighted by Gasteiger charge is -2.13. The summed E-state index contributed by atoms with van der Waals surface area (Å²) in [7, 11) is 3.39. The first-order valence-corrected chi connectivity index (χ1v) is 6.48. The van der Waals surface area contributed by atoms with Gasteiger partial charge in [0.25, 0.3) is 0 Å². The molecule has 0 radical (unpaired) electrons. The summed E-state index contributed by atoms with van der Waals surface area (Å²) in [5.74, 6) is 7.53. The molecule has 0 aromatic carbocycles. The van der Waals surface area contributed by atoms with E-state index in [1.165, 1.54) is 4.90 Å². The Bertz CT molecular complexity index is 447. The Hall–Kier alpha value is -2.09. The molecule has 0 unspecified atom stereocenters. The average molecular weight is 281 g/mol. The van der Waals surface area contributed by atoms with Crippen molar-refractivity contribution >= 4 is 17.7 Å². The maximum Gasteiger partial charge on any atom is 0.316 e. The maximum atomic E-state index is 11.3. The van der Waals surface area contributed by atoms with E-state index in [1.54, 1.807) is 20.2 Å². The van der Waals surface area contributed by atoms with Gasteiger partial charge in [-0.05, 0) is 0 Å². The van der Waals surface area contributed by atoms with Crippen molar-refractivity contribution in [3.05, 3.63) is 11.9 Å². The number of anilines is 2. The second-order valence-electron chi connectivity index (χ2n) is 4.85. The minimum absolute atomic E-state index is 0.123. The van der Waals surface area contributed by atoms with E-state index < -0.39 is 0 Å². The quantitative estimate of drug-likeness (QED) is 0.345.